The summed E-state index contributed by atoms with van der Waals surface area (Å²) in [7, 11) is 3.98. The molecule has 0 aliphatic carbocycles. The summed E-state index contributed by atoms with van der Waals surface area (Å²) in [6.45, 7) is 0. The molecule has 2 aromatic rings. The van der Waals surface area contributed by atoms with Gasteiger partial charge in [0.25, 0.3) is 0 Å². The zero-order valence-corrected chi connectivity index (χ0v) is 11.6. The first-order valence-electron chi connectivity index (χ1n) is 5.84. The fraction of sp³-hybridized carbons (Fsp3) is 0.133. The highest BCUT2D eigenvalue weighted by molar-refractivity contribution is 6.30. The molecule has 2 rings (SSSR count). The topological polar surface area (TPSA) is 39.1 Å². The minimum Gasteiger partial charge on any atom is -0.378 e. The van der Waals surface area contributed by atoms with Crippen LogP contribution in [0.1, 0.15) is 5.56 Å². The Hall–Kier alpha value is -2.18. The molecule has 0 aliphatic rings. The first-order chi connectivity index (χ1) is 9.10. The van der Waals surface area contributed by atoms with Gasteiger partial charge in [-0.3, -0.25) is 0 Å². The number of anilines is 3. The van der Waals surface area contributed by atoms with Gasteiger partial charge in [-0.25, -0.2) is 0 Å². The van der Waals surface area contributed by atoms with Gasteiger partial charge in [-0.2, -0.15) is 5.26 Å². The van der Waals surface area contributed by atoms with E-state index in [4.69, 9.17) is 16.9 Å². The summed E-state index contributed by atoms with van der Waals surface area (Å²) in [5.41, 5.74) is 3.31. The van der Waals surface area contributed by atoms with Gasteiger partial charge in [0, 0.05) is 30.5 Å². The molecule has 0 amide bonds. The summed E-state index contributed by atoms with van der Waals surface area (Å²) in [6, 6.07) is 15.3. The van der Waals surface area contributed by atoms with Crippen LogP contribution >= 0.6 is 11.6 Å². The van der Waals surface area contributed by atoms with Crippen molar-refractivity contribution in [2.75, 3.05) is 24.3 Å². The first-order valence-corrected chi connectivity index (χ1v) is 6.22. The zero-order valence-electron chi connectivity index (χ0n) is 10.8. The molecule has 0 aliphatic heterocycles. The van der Waals surface area contributed by atoms with E-state index in [9.17, 15) is 0 Å². The number of benzene rings is 2. The molecule has 0 saturated heterocycles. The lowest BCUT2D eigenvalue weighted by atomic mass is 10.2. The molecule has 0 unspecified atom stereocenters. The van der Waals surface area contributed by atoms with Crippen molar-refractivity contribution in [2.45, 2.75) is 0 Å². The van der Waals surface area contributed by atoms with E-state index < -0.39 is 0 Å². The number of hydrogen-bond donors (Lipinski definition) is 1. The molecule has 0 aromatic heterocycles. The normalized spacial score (nSPS) is 9.79. The lowest BCUT2D eigenvalue weighted by Gasteiger charge is -2.15. The van der Waals surface area contributed by atoms with Crippen molar-refractivity contribution in [3.05, 3.63) is 53.1 Å². The Morgan fingerprint density at radius 1 is 1.16 bits per heavy atom. The molecule has 0 radical (unpaired) electrons. The average molecular weight is 272 g/mol. The van der Waals surface area contributed by atoms with E-state index in [2.05, 4.69) is 11.4 Å². The zero-order chi connectivity index (χ0) is 13.8. The van der Waals surface area contributed by atoms with Crippen LogP contribution in [0, 0.1) is 11.3 Å². The van der Waals surface area contributed by atoms with Gasteiger partial charge in [0.15, 0.2) is 0 Å². The van der Waals surface area contributed by atoms with E-state index in [-0.39, 0.29) is 0 Å². The fourth-order valence-electron chi connectivity index (χ4n) is 1.74. The van der Waals surface area contributed by atoms with Gasteiger partial charge in [0.2, 0.25) is 0 Å². The van der Waals surface area contributed by atoms with Crippen LogP contribution in [0.25, 0.3) is 0 Å². The molecule has 0 atom stereocenters. The van der Waals surface area contributed by atoms with E-state index in [1.807, 2.05) is 49.3 Å². The van der Waals surface area contributed by atoms with Crippen molar-refractivity contribution < 1.29 is 0 Å². The van der Waals surface area contributed by atoms with Gasteiger partial charge in [-0.05, 0) is 36.4 Å². The van der Waals surface area contributed by atoms with Crippen LogP contribution in [0.15, 0.2) is 42.5 Å². The molecule has 1 N–H and O–H groups in total. The van der Waals surface area contributed by atoms with Crippen molar-refractivity contribution in [2.24, 2.45) is 0 Å². The van der Waals surface area contributed by atoms with Gasteiger partial charge >= 0.3 is 0 Å². The largest absolute Gasteiger partial charge is 0.378 e. The SMILES string of the molecule is CN(C)c1cccc(Nc2ccc(Cl)cc2C#N)c1. The van der Waals surface area contributed by atoms with Crippen molar-refractivity contribution in [1.82, 2.24) is 0 Å². The minimum absolute atomic E-state index is 0.530. The Morgan fingerprint density at radius 3 is 2.63 bits per heavy atom. The summed E-state index contributed by atoms with van der Waals surface area (Å²) < 4.78 is 0. The number of hydrogen-bond acceptors (Lipinski definition) is 3. The highest BCUT2D eigenvalue weighted by Crippen LogP contribution is 2.25. The maximum absolute atomic E-state index is 9.11. The predicted octanol–water partition coefficient (Wildman–Crippen LogP) is 4.02. The standard InChI is InChI=1S/C15H14ClN3/c1-19(2)14-5-3-4-13(9-14)18-15-7-6-12(16)8-11(15)10-17/h3-9,18H,1-2H3. The van der Waals surface area contributed by atoms with Crippen LogP contribution in [0.2, 0.25) is 5.02 Å². The monoisotopic (exact) mass is 271 g/mol. The summed E-state index contributed by atoms with van der Waals surface area (Å²) in [5.74, 6) is 0. The number of nitrogens with one attached hydrogen (secondary N) is 1. The van der Waals surface area contributed by atoms with Crippen molar-refractivity contribution >= 4 is 28.7 Å². The van der Waals surface area contributed by atoms with E-state index in [1.165, 1.54) is 0 Å². The van der Waals surface area contributed by atoms with Crippen LogP contribution in [-0.2, 0) is 0 Å². The molecule has 19 heavy (non-hydrogen) atoms. The molecule has 0 spiro atoms. The summed E-state index contributed by atoms with van der Waals surface area (Å²) in [4.78, 5) is 2.03. The van der Waals surface area contributed by atoms with Crippen LogP contribution in [0.4, 0.5) is 17.1 Å². The number of nitriles is 1. The highest BCUT2D eigenvalue weighted by atomic mass is 35.5. The summed E-state index contributed by atoms with van der Waals surface area (Å²) >= 11 is 5.88. The second kappa shape index (κ2) is 5.64. The quantitative estimate of drug-likeness (QED) is 0.916. The number of rotatable bonds is 3. The Balaban J connectivity index is 2.31. The minimum atomic E-state index is 0.530. The lowest BCUT2D eigenvalue weighted by molar-refractivity contribution is 1.13. The van der Waals surface area contributed by atoms with Crippen LogP contribution in [0.5, 0.6) is 0 Å². The van der Waals surface area contributed by atoms with Crippen molar-refractivity contribution in [1.29, 1.82) is 5.26 Å². The van der Waals surface area contributed by atoms with Gasteiger partial charge in [0.05, 0.1) is 11.3 Å². The van der Waals surface area contributed by atoms with Crippen molar-refractivity contribution in [3.8, 4) is 6.07 Å². The molecule has 0 bridgehead atoms. The molecular formula is C15H14ClN3. The van der Waals surface area contributed by atoms with E-state index in [0.717, 1.165) is 17.1 Å². The maximum atomic E-state index is 9.11. The van der Waals surface area contributed by atoms with Gasteiger partial charge in [-0.15, -0.1) is 0 Å². The third-order valence-electron chi connectivity index (χ3n) is 2.74. The van der Waals surface area contributed by atoms with E-state index in [1.54, 1.807) is 12.1 Å². The maximum Gasteiger partial charge on any atom is 0.101 e. The fourth-order valence-corrected chi connectivity index (χ4v) is 1.91. The average Bonchev–Trinajstić information content (AvgIpc) is 2.41. The molecule has 0 heterocycles. The highest BCUT2D eigenvalue weighted by Gasteiger charge is 2.04. The van der Waals surface area contributed by atoms with Gasteiger partial charge in [-0.1, -0.05) is 17.7 Å². The molecule has 3 nitrogen and oxygen atoms in total. The summed E-state index contributed by atoms with van der Waals surface area (Å²) in [5, 5.41) is 12.9. The Morgan fingerprint density at radius 2 is 1.95 bits per heavy atom. The van der Waals surface area contributed by atoms with Gasteiger partial charge < -0.3 is 10.2 Å². The smallest absolute Gasteiger partial charge is 0.101 e. The van der Waals surface area contributed by atoms with Crippen molar-refractivity contribution in [3.63, 3.8) is 0 Å². The number of halogens is 1. The Labute approximate surface area is 118 Å². The molecule has 0 fully saturated rings. The van der Waals surface area contributed by atoms with E-state index in [0.29, 0.717) is 10.6 Å². The number of nitrogens with zero attached hydrogens (tertiary/aromatic N) is 2. The Bertz CT molecular complexity index is 630. The Kier molecular flexibility index (Phi) is 3.94. The lowest BCUT2D eigenvalue weighted by Crippen LogP contribution is -2.08. The molecule has 4 heteroatoms. The second-order valence-electron chi connectivity index (χ2n) is 4.37. The molecular weight excluding hydrogens is 258 g/mol. The molecule has 0 saturated carbocycles. The van der Waals surface area contributed by atoms with E-state index >= 15 is 0 Å². The first kappa shape index (κ1) is 13.3. The summed E-state index contributed by atoms with van der Waals surface area (Å²) in [6.07, 6.45) is 0. The van der Waals surface area contributed by atoms with Gasteiger partial charge in [0.1, 0.15) is 6.07 Å². The third-order valence-corrected chi connectivity index (χ3v) is 2.98. The van der Waals surface area contributed by atoms with Crippen LogP contribution in [-0.4, -0.2) is 14.1 Å². The third kappa shape index (κ3) is 3.18. The second-order valence-corrected chi connectivity index (χ2v) is 4.81. The van der Waals surface area contributed by atoms with Crippen LogP contribution in [0.3, 0.4) is 0 Å². The predicted molar refractivity (Wildman–Crippen MR) is 80.2 cm³/mol. The van der Waals surface area contributed by atoms with Crippen LogP contribution < -0.4 is 10.2 Å². The molecule has 96 valence electrons. The molecule has 2 aromatic carbocycles.